The zero-order chi connectivity index (χ0) is 7.90. The predicted octanol–water partition coefficient (Wildman–Crippen LogP) is 1.24. The minimum absolute atomic E-state index is 0.208. The summed E-state index contributed by atoms with van der Waals surface area (Å²) < 4.78 is 5.50. The molecule has 2 fully saturated rings. The van der Waals surface area contributed by atoms with Gasteiger partial charge in [-0.3, -0.25) is 0 Å². The Morgan fingerprint density at radius 3 is 3.09 bits per heavy atom. The van der Waals surface area contributed by atoms with E-state index < -0.39 is 6.10 Å². The Balaban J connectivity index is 2.06. The molecule has 0 bridgehead atoms. The minimum Gasteiger partial charge on any atom is -0.386 e. The molecule has 2 heteroatoms. The van der Waals surface area contributed by atoms with Crippen molar-refractivity contribution in [3.8, 4) is 0 Å². The first-order valence-corrected chi connectivity index (χ1v) is 4.28. The summed E-state index contributed by atoms with van der Waals surface area (Å²) in [4.78, 5) is 0. The maximum Gasteiger partial charge on any atom is 0.124 e. The second-order valence-electron chi connectivity index (χ2n) is 3.49. The highest BCUT2D eigenvalue weighted by Crippen LogP contribution is 2.50. The highest BCUT2D eigenvalue weighted by atomic mass is 16.6. The Hall–Kier alpha value is -0.340. The van der Waals surface area contributed by atoms with Gasteiger partial charge in [-0.25, -0.2) is 0 Å². The van der Waals surface area contributed by atoms with Crippen LogP contribution in [0.15, 0.2) is 12.7 Å². The fraction of sp³-hybridized carbons (Fsp3) is 0.778. The third-order valence-electron chi connectivity index (χ3n) is 2.86. The van der Waals surface area contributed by atoms with Gasteiger partial charge in [0.15, 0.2) is 0 Å². The van der Waals surface area contributed by atoms with Crippen LogP contribution in [0.1, 0.15) is 25.7 Å². The standard InChI is InChI=1S/C9H14O2/c1-2-7(10)9-6-4-3-5-8(9)11-9/h2,7-8,10H,1,3-6H2. The van der Waals surface area contributed by atoms with Crippen molar-refractivity contribution in [2.75, 3.05) is 0 Å². The Labute approximate surface area is 66.9 Å². The topological polar surface area (TPSA) is 32.8 Å². The number of aliphatic hydroxyl groups is 1. The second-order valence-corrected chi connectivity index (χ2v) is 3.49. The monoisotopic (exact) mass is 154 g/mol. The fourth-order valence-corrected chi connectivity index (χ4v) is 2.09. The van der Waals surface area contributed by atoms with E-state index in [1.54, 1.807) is 6.08 Å². The quantitative estimate of drug-likeness (QED) is 0.479. The molecular formula is C9H14O2. The Bertz CT molecular complexity index is 178. The van der Waals surface area contributed by atoms with Crippen molar-refractivity contribution in [1.82, 2.24) is 0 Å². The molecule has 0 amide bonds. The van der Waals surface area contributed by atoms with Crippen molar-refractivity contribution in [2.24, 2.45) is 0 Å². The minimum atomic E-state index is -0.451. The van der Waals surface area contributed by atoms with Gasteiger partial charge >= 0.3 is 0 Å². The number of epoxide rings is 1. The summed E-state index contributed by atoms with van der Waals surface area (Å²) in [5, 5.41) is 9.54. The number of aliphatic hydroxyl groups excluding tert-OH is 1. The van der Waals surface area contributed by atoms with Crippen molar-refractivity contribution < 1.29 is 9.84 Å². The summed E-state index contributed by atoms with van der Waals surface area (Å²) in [6, 6.07) is 0. The van der Waals surface area contributed by atoms with Crippen LogP contribution < -0.4 is 0 Å². The first-order chi connectivity index (χ1) is 5.29. The molecule has 0 aromatic carbocycles. The summed E-state index contributed by atoms with van der Waals surface area (Å²) in [6.07, 6.45) is 6.01. The van der Waals surface area contributed by atoms with Crippen LogP contribution in [0.2, 0.25) is 0 Å². The molecule has 1 N–H and O–H groups in total. The molecule has 0 radical (unpaired) electrons. The van der Waals surface area contributed by atoms with Crippen molar-refractivity contribution >= 4 is 0 Å². The van der Waals surface area contributed by atoms with Gasteiger partial charge < -0.3 is 9.84 Å². The average Bonchev–Trinajstić information content (AvgIpc) is 2.78. The molecule has 1 heterocycles. The summed E-state index contributed by atoms with van der Waals surface area (Å²) in [5.41, 5.74) is -0.208. The van der Waals surface area contributed by atoms with Crippen LogP contribution in [0.5, 0.6) is 0 Å². The molecule has 2 aliphatic rings. The lowest BCUT2D eigenvalue weighted by atomic mass is 9.85. The number of ether oxygens (including phenoxy) is 1. The molecule has 0 spiro atoms. The van der Waals surface area contributed by atoms with Gasteiger partial charge in [0, 0.05) is 0 Å². The summed E-state index contributed by atoms with van der Waals surface area (Å²) in [6.45, 7) is 3.58. The first-order valence-electron chi connectivity index (χ1n) is 4.28. The molecule has 2 nitrogen and oxygen atoms in total. The van der Waals surface area contributed by atoms with Crippen LogP contribution in [0.3, 0.4) is 0 Å². The number of hydrogen-bond acceptors (Lipinski definition) is 2. The van der Waals surface area contributed by atoms with Crippen LogP contribution >= 0.6 is 0 Å². The lowest BCUT2D eigenvalue weighted by Crippen LogP contribution is -2.32. The van der Waals surface area contributed by atoms with E-state index in [0.29, 0.717) is 6.10 Å². The molecule has 62 valence electrons. The van der Waals surface area contributed by atoms with E-state index >= 15 is 0 Å². The van der Waals surface area contributed by atoms with Crippen molar-refractivity contribution in [3.63, 3.8) is 0 Å². The molecular weight excluding hydrogens is 140 g/mol. The smallest absolute Gasteiger partial charge is 0.124 e. The van der Waals surface area contributed by atoms with E-state index in [9.17, 15) is 5.11 Å². The van der Waals surface area contributed by atoms with E-state index in [1.807, 2.05) is 0 Å². The van der Waals surface area contributed by atoms with Crippen molar-refractivity contribution in [3.05, 3.63) is 12.7 Å². The molecule has 0 aromatic heterocycles. The van der Waals surface area contributed by atoms with Crippen LogP contribution in [-0.2, 0) is 4.74 Å². The highest BCUT2D eigenvalue weighted by molar-refractivity contribution is 5.13. The van der Waals surface area contributed by atoms with Gasteiger partial charge in [0.25, 0.3) is 0 Å². The van der Waals surface area contributed by atoms with Crippen molar-refractivity contribution in [1.29, 1.82) is 0 Å². The van der Waals surface area contributed by atoms with E-state index in [4.69, 9.17) is 4.74 Å². The number of rotatable bonds is 2. The molecule has 1 aliphatic carbocycles. The number of fused-ring (bicyclic) bond motifs is 1. The summed E-state index contributed by atoms with van der Waals surface area (Å²) in [5.74, 6) is 0. The van der Waals surface area contributed by atoms with Crippen molar-refractivity contribution in [2.45, 2.75) is 43.5 Å². The van der Waals surface area contributed by atoms with Gasteiger partial charge in [-0.2, -0.15) is 0 Å². The van der Waals surface area contributed by atoms with Crippen LogP contribution in [-0.4, -0.2) is 22.9 Å². The van der Waals surface area contributed by atoms with E-state index in [1.165, 1.54) is 12.8 Å². The summed E-state index contributed by atoms with van der Waals surface area (Å²) >= 11 is 0. The van der Waals surface area contributed by atoms with Gasteiger partial charge in [0.1, 0.15) is 11.7 Å². The second kappa shape index (κ2) is 2.32. The Morgan fingerprint density at radius 2 is 2.45 bits per heavy atom. The van der Waals surface area contributed by atoms with Crippen LogP contribution in [0.25, 0.3) is 0 Å². The van der Waals surface area contributed by atoms with Gasteiger partial charge in [-0.1, -0.05) is 18.9 Å². The van der Waals surface area contributed by atoms with E-state index in [0.717, 1.165) is 12.8 Å². The molecule has 3 unspecified atom stereocenters. The van der Waals surface area contributed by atoms with E-state index in [-0.39, 0.29) is 5.60 Å². The molecule has 1 aliphatic heterocycles. The number of hydrogen-bond donors (Lipinski definition) is 1. The zero-order valence-electron chi connectivity index (χ0n) is 6.62. The van der Waals surface area contributed by atoms with Gasteiger partial charge in [0.05, 0.1) is 6.10 Å². The Morgan fingerprint density at radius 1 is 1.64 bits per heavy atom. The lowest BCUT2D eigenvalue weighted by molar-refractivity contribution is 0.104. The predicted molar refractivity (Wildman–Crippen MR) is 42.3 cm³/mol. The van der Waals surface area contributed by atoms with Gasteiger partial charge in [-0.05, 0) is 12.8 Å². The SMILES string of the molecule is C=CC(O)C12CCCCC1O2. The fourth-order valence-electron chi connectivity index (χ4n) is 2.09. The molecule has 11 heavy (non-hydrogen) atoms. The molecule has 1 saturated heterocycles. The third kappa shape index (κ3) is 0.932. The lowest BCUT2D eigenvalue weighted by Gasteiger charge is -2.19. The molecule has 3 atom stereocenters. The largest absolute Gasteiger partial charge is 0.386 e. The summed E-state index contributed by atoms with van der Waals surface area (Å²) in [7, 11) is 0. The zero-order valence-corrected chi connectivity index (χ0v) is 6.62. The average molecular weight is 154 g/mol. The maximum atomic E-state index is 9.54. The van der Waals surface area contributed by atoms with Crippen LogP contribution in [0, 0.1) is 0 Å². The molecule has 2 rings (SSSR count). The third-order valence-corrected chi connectivity index (χ3v) is 2.86. The molecule has 1 saturated carbocycles. The first kappa shape index (κ1) is 7.32. The van der Waals surface area contributed by atoms with Crippen LogP contribution in [0.4, 0.5) is 0 Å². The van der Waals surface area contributed by atoms with Gasteiger partial charge in [0.2, 0.25) is 0 Å². The maximum absolute atomic E-state index is 9.54. The highest BCUT2D eigenvalue weighted by Gasteiger charge is 2.60. The van der Waals surface area contributed by atoms with Gasteiger partial charge in [-0.15, -0.1) is 6.58 Å². The normalized spacial score (nSPS) is 44.3. The van der Waals surface area contributed by atoms with E-state index in [2.05, 4.69) is 6.58 Å². The molecule has 0 aromatic rings. The Kier molecular flexibility index (Phi) is 1.55.